The summed E-state index contributed by atoms with van der Waals surface area (Å²) in [6.45, 7) is 8.09. The lowest BCUT2D eigenvalue weighted by Crippen LogP contribution is -2.51. The van der Waals surface area contributed by atoms with Gasteiger partial charge in [-0.05, 0) is 31.6 Å². The number of hydrogen-bond acceptors (Lipinski definition) is 3. The average molecular weight is 264 g/mol. The third kappa shape index (κ3) is 3.19. The van der Waals surface area contributed by atoms with Gasteiger partial charge in [-0.1, -0.05) is 19.8 Å². The molecule has 1 heterocycles. The number of hydrogen-bond donors (Lipinski definition) is 0. The Morgan fingerprint density at radius 1 is 1.16 bits per heavy atom. The topological polar surface area (TPSA) is 23.6 Å². The zero-order valence-electron chi connectivity index (χ0n) is 12.3. The molecule has 0 amide bonds. The van der Waals surface area contributed by atoms with Crippen molar-refractivity contribution in [1.82, 2.24) is 9.80 Å². The van der Waals surface area contributed by atoms with E-state index in [0.717, 1.165) is 31.3 Å². The van der Waals surface area contributed by atoms with Crippen molar-refractivity contribution in [3.8, 4) is 0 Å². The van der Waals surface area contributed by atoms with Crippen molar-refractivity contribution >= 4 is 6.29 Å². The molecule has 2 atom stereocenters. The maximum Gasteiger partial charge on any atom is 0.127 e. The van der Waals surface area contributed by atoms with Gasteiger partial charge >= 0.3 is 0 Å². The molecule has 3 heteroatoms. The fourth-order valence-corrected chi connectivity index (χ4v) is 4.16. The summed E-state index contributed by atoms with van der Waals surface area (Å²) < 4.78 is 0. The lowest BCUT2D eigenvalue weighted by Gasteiger charge is -2.42. The molecule has 0 aromatic rings. The van der Waals surface area contributed by atoms with Crippen molar-refractivity contribution in [2.45, 2.75) is 51.5 Å². The first-order valence-corrected chi connectivity index (χ1v) is 8.13. The van der Waals surface area contributed by atoms with Gasteiger partial charge in [0, 0.05) is 44.2 Å². The number of rotatable bonds is 4. The summed E-state index contributed by atoms with van der Waals surface area (Å²) >= 11 is 0. The van der Waals surface area contributed by atoms with Crippen LogP contribution in [0.25, 0.3) is 0 Å². The van der Waals surface area contributed by atoms with E-state index in [4.69, 9.17) is 0 Å². The molecule has 0 aromatic carbocycles. The molecule has 2 aliphatic carbocycles. The van der Waals surface area contributed by atoms with Gasteiger partial charge in [0.2, 0.25) is 0 Å². The highest BCUT2D eigenvalue weighted by Crippen LogP contribution is 2.38. The van der Waals surface area contributed by atoms with E-state index in [1.165, 1.54) is 58.1 Å². The largest absolute Gasteiger partial charge is 0.303 e. The second kappa shape index (κ2) is 5.53. The van der Waals surface area contributed by atoms with E-state index in [1.807, 2.05) is 0 Å². The van der Waals surface area contributed by atoms with Gasteiger partial charge < -0.3 is 4.79 Å². The molecule has 108 valence electrons. The van der Waals surface area contributed by atoms with Crippen molar-refractivity contribution in [2.75, 3.05) is 32.7 Å². The fourth-order valence-electron chi connectivity index (χ4n) is 4.16. The molecule has 2 saturated carbocycles. The van der Waals surface area contributed by atoms with E-state index >= 15 is 0 Å². The van der Waals surface area contributed by atoms with Crippen LogP contribution in [-0.2, 0) is 4.79 Å². The van der Waals surface area contributed by atoms with Crippen LogP contribution in [-0.4, -0.2) is 54.9 Å². The smallest absolute Gasteiger partial charge is 0.127 e. The van der Waals surface area contributed by atoms with E-state index in [-0.39, 0.29) is 5.41 Å². The van der Waals surface area contributed by atoms with Gasteiger partial charge in [0.1, 0.15) is 6.29 Å². The van der Waals surface area contributed by atoms with E-state index in [0.29, 0.717) is 0 Å². The van der Waals surface area contributed by atoms with Crippen molar-refractivity contribution < 1.29 is 4.79 Å². The van der Waals surface area contributed by atoms with E-state index in [1.54, 1.807) is 0 Å². The molecule has 1 aliphatic heterocycles. The standard InChI is InChI=1S/C16H28N2O/c1-14-3-2-6-16(11-14,13-19)12-17-7-9-18(10-8-17)15-4-5-15/h13-15H,2-12H2,1H3. The third-order valence-electron chi connectivity index (χ3n) is 5.39. The van der Waals surface area contributed by atoms with Gasteiger partial charge in [-0.15, -0.1) is 0 Å². The molecule has 3 rings (SSSR count). The minimum Gasteiger partial charge on any atom is -0.303 e. The Morgan fingerprint density at radius 2 is 1.89 bits per heavy atom. The fraction of sp³-hybridized carbons (Fsp3) is 0.938. The SMILES string of the molecule is CC1CCCC(C=O)(CN2CCN(C3CC3)CC2)C1. The van der Waals surface area contributed by atoms with E-state index in [2.05, 4.69) is 16.7 Å². The molecular formula is C16H28N2O. The van der Waals surface area contributed by atoms with Crippen LogP contribution < -0.4 is 0 Å². The Balaban J connectivity index is 1.53. The van der Waals surface area contributed by atoms with Gasteiger partial charge in [-0.25, -0.2) is 0 Å². The first-order chi connectivity index (χ1) is 9.21. The zero-order valence-corrected chi connectivity index (χ0v) is 12.3. The summed E-state index contributed by atoms with van der Waals surface area (Å²) in [5.74, 6) is 0.728. The van der Waals surface area contributed by atoms with Crippen LogP contribution in [0.5, 0.6) is 0 Å². The predicted molar refractivity (Wildman–Crippen MR) is 77.2 cm³/mol. The number of nitrogens with zero attached hydrogens (tertiary/aromatic N) is 2. The van der Waals surface area contributed by atoms with Crippen molar-refractivity contribution in [3.63, 3.8) is 0 Å². The van der Waals surface area contributed by atoms with Crippen LogP contribution in [0.2, 0.25) is 0 Å². The summed E-state index contributed by atoms with van der Waals surface area (Å²) in [4.78, 5) is 16.8. The van der Waals surface area contributed by atoms with Crippen molar-refractivity contribution in [1.29, 1.82) is 0 Å². The molecule has 3 nitrogen and oxygen atoms in total. The molecule has 0 bridgehead atoms. The molecule has 19 heavy (non-hydrogen) atoms. The Labute approximate surface area is 117 Å². The molecule has 0 spiro atoms. The first kappa shape index (κ1) is 13.6. The van der Waals surface area contributed by atoms with Crippen molar-refractivity contribution in [2.24, 2.45) is 11.3 Å². The van der Waals surface area contributed by atoms with Crippen LogP contribution in [0.3, 0.4) is 0 Å². The van der Waals surface area contributed by atoms with E-state index in [9.17, 15) is 4.79 Å². The number of aldehydes is 1. The monoisotopic (exact) mass is 264 g/mol. The molecule has 3 aliphatic rings. The second-order valence-electron chi connectivity index (χ2n) is 7.23. The molecular weight excluding hydrogens is 236 g/mol. The number of carbonyl (C=O) groups excluding carboxylic acids is 1. The Morgan fingerprint density at radius 3 is 2.47 bits per heavy atom. The highest BCUT2D eigenvalue weighted by Gasteiger charge is 2.38. The Kier molecular flexibility index (Phi) is 3.95. The summed E-state index contributed by atoms with van der Waals surface area (Å²) in [6.07, 6.45) is 8.89. The van der Waals surface area contributed by atoms with Crippen LogP contribution in [0.1, 0.15) is 45.4 Å². The highest BCUT2D eigenvalue weighted by atomic mass is 16.1. The highest BCUT2D eigenvalue weighted by molar-refractivity contribution is 5.60. The molecule has 0 N–H and O–H groups in total. The van der Waals surface area contributed by atoms with Gasteiger partial charge in [0.05, 0.1) is 0 Å². The lowest BCUT2D eigenvalue weighted by molar-refractivity contribution is -0.120. The maximum atomic E-state index is 11.6. The summed E-state index contributed by atoms with van der Waals surface area (Å²) in [7, 11) is 0. The summed E-state index contributed by atoms with van der Waals surface area (Å²) in [5, 5.41) is 0. The van der Waals surface area contributed by atoms with Crippen LogP contribution >= 0.6 is 0 Å². The van der Waals surface area contributed by atoms with Crippen LogP contribution in [0.15, 0.2) is 0 Å². The Hall–Kier alpha value is -0.410. The second-order valence-corrected chi connectivity index (χ2v) is 7.23. The summed E-state index contributed by atoms with van der Waals surface area (Å²) in [6, 6.07) is 0.900. The Bertz CT molecular complexity index is 321. The number of carbonyl (C=O) groups is 1. The maximum absolute atomic E-state index is 11.6. The molecule has 2 unspecified atom stereocenters. The molecule has 0 aromatic heterocycles. The minimum atomic E-state index is -0.0284. The molecule has 3 fully saturated rings. The normalized spacial score (nSPS) is 38.3. The first-order valence-electron chi connectivity index (χ1n) is 8.13. The lowest BCUT2D eigenvalue weighted by atomic mass is 9.70. The molecule has 0 radical (unpaired) electrons. The average Bonchev–Trinajstić information content (AvgIpc) is 3.24. The van der Waals surface area contributed by atoms with Gasteiger partial charge in [0.15, 0.2) is 0 Å². The van der Waals surface area contributed by atoms with Gasteiger partial charge in [-0.2, -0.15) is 0 Å². The zero-order chi connectivity index (χ0) is 13.3. The number of piperazine rings is 1. The van der Waals surface area contributed by atoms with Crippen LogP contribution in [0.4, 0.5) is 0 Å². The van der Waals surface area contributed by atoms with E-state index < -0.39 is 0 Å². The summed E-state index contributed by atoms with van der Waals surface area (Å²) in [5.41, 5.74) is -0.0284. The third-order valence-corrected chi connectivity index (χ3v) is 5.39. The van der Waals surface area contributed by atoms with Crippen LogP contribution in [0, 0.1) is 11.3 Å². The van der Waals surface area contributed by atoms with Gasteiger partial charge in [0.25, 0.3) is 0 Å². The quantitative estimate of drug-likeness (QED) is 0.727. The molecule has 1 saturated heterocycles. The van der Waals surface area contributed by atoms with Crippen molar-refractivity contribution in [3.05, 3.63) is 0 Å². The minimum absolute atomic E-state index is 0.0284. The van der Waals surface area contributed by atoms with Gasteiger partial charge in [-0.3, -0.25) is 9.80 Å². The predicted octanol–water partition coefficient (Wildman–Crippen LogP) is 2.16.